The summed E-state index contributed by atoms with van der Waals surface area (Å²) in [4.78, 5) is 17.8. The molecule has 3 aromatic rings. The van der Waals surface area contributed by atoms with Gasteiger partial charge in [-0.1, -0.05) is 12.1 Å². The third kappa shape index (κ3) is 4.38. The molecule has 0 atom stereocenters. The quantitative estimate of drug-likeness (QED) is 0.597. The second-order valence-corrected chi connectivity index (χ2v) is 7.93. The topological polar surface area (TPSA) is 53.4 Å². The van der Waals surface area contributed by atoms with Crippen LogP contribution in [-0.4, -0.2) is 28.4 Å². The molecule has 26 heavy (non-hydrogen) atoms. The van der Waals surface area contributed by atoms with Crippen LogP contribution >= 0.6 is 11.8 Å². The van der Waals surface area contributed by atoms with Gasteiger partial charge >= 0.3 is 6.09 Å². The summed E-state index contributed by atoms with van der Waals surface area (Å²) in [6.07, 6.45) is 3.13. The third-order valence-electron chi connectivity index (χ3n) is 3.67. The summed E-state index contributed by atoms with van der Waals surface area (Å²) in [5, 5.41) is 0. The SMILES string of the molecule is COc1ccc(CSc2cnc3ccn(C(=O)OC(C)(C)C)c3c2)cc1. The first-order valence-electron chi connectivity index (χ1n) is 8.32. The molecule has 0 saturated carbocycles. The lowest BCUT2D eigenvalue weighted by Gasteiger charge is -2.19. The molecule has 2 heterocycles. The van der Waals surface area contributed by atoms with Crippen LogP contribution in [0.4, 0.5) is 4.79 Å². The lowest BCUT2D eigenvalue weighted by molar-refractivity contribution is 0.0544. The van der Waals surface area contributed by atoms with Crippen LogP contribution in [-0.2, 0) is 10.5 Å². The molecule has 0 N–H and O–H groups in total. The summed E-state index contributed by atoms with van der Waals surface area (Å²) in [6, 6.07) is 11.8. The van der Waals surface area contributed by atoms with Crippen LogP contribution in [0.2, 0.25) is 0 Å². The predicted molar refractivity (Wildman–Crippen MR) is 104 cm³/mol. The number of nitrogens with zero attached hydrogens (tertiary/aromatic N) is 2. The fourth-order valence-electron chi connectivity index (χ4n) is 2.43. The number of thioether (sulfide) groups is 1. The van der Waals surface area contributed by atoms with Gasteiger partial charge in [-0.3, -0.25) is 9.55 Å². The van der Waals surface area contributed by atoms with Gasteiger partial charge in [-0.15, -0.1) is 11.8 Å². The van der Waals surface area contributed by atoms with E-state index in [0.29, 0.717) is 0 Å². The Morgan fingerprint density at radius 3 is 2.58 bits per heavy atom. The summed E-state index contributed by atoms with van der Waals surface area (Å²) in [7, 11) is 1.66. The van der Waals surface area contributed by atoms with Crippen molar-refractivity contribution in [1.82, 2.24) is 9.55 Å². The summed E-state index contributed by atoms with van der Waals surface area (Å²) in [5.41, 5.74) is 2.17. The number of fused-ring (bicyclic) bond motifs is 1. The van der Waals surface area contributed by atoms with E-state index >= 15 is 0 Å². The molecule has 0 aliphatic carbocycles. The second kappa shape index (κ2) is 7.41. The van der Waals surface area contributed by atoms with Crippen LogP contribution in [0.1, 0.15) is 26.3 Å². The van der Waals surface area contributed by atoms with Gasteiger partial charge in [-0.05, 0) is 50.6 Å². The average Bonchev–Trinajstić information content (AvgIpc) is 3.02. The molecule has 0 bridgehead atoms. The van der Waals surface area contributed by atoms with E-state index in [0.717, 1.165) is 27.4 Å². The lowest BCUT2D eigenvalue weighted by Crippen LogP contribution is -2.26. The fourth-order valence-corrected chi connectivity index (χ4v) is 3.28. The molecule has 0 amide bonds. The van der Waals surface area contributed by atoms with Crippen molar-refractivity contribution in [3.05, 3.63) is 54.4 Å². The zero-order valence-electron chi connectivity index (χ0n) is 15.4. The van der Waals surface area contributed by atoms with Gasteiger partial charge in [0, 0.05) is 23.0 Å². The van der Waals surface area contributed by atoms with Crippen LogP contribution < -0.4 is 4.74 Å². The average molecular weight is 370 g/mol. The molecule has 0 unspecified atom stereocenters. The molecular weight excluding hydrogens is 348 g/mol. The van der Waals surface area contributed by atoms with Gasteiger partial charge in [0.15, 0.2) is 0 Å². The summed E-state index contributed by atoms with van der Waals surface area (Å²) in [5.74, 6) is 1.65. The zero-order chi connectivity index (χ0) is 18.7. The Hall–Kier alpha value is -2.47. The van der Waals surface area contributed by atoms with Crippen molar-refractivity contribution in [2.75, 3.05) is 7.11 Å². The standard InChI is InChI=1S/C20H22N2O3S/c1-20(2,3)25-19(23)22-10-9-17-18(22)11-16(12-21-17)26-13-14-5-7-15(24-4)8-6-14/h5-12H,13H2,1-4H3. The number of carbonyl (C=O) groups is 1. The smallest absolute Gasteiger partial charge is 0.419 e. The van der Waals surface area contributed by atoms with Gasteiger partial charge in [0.1, 0.15) is 11.4 Å². The van der Waals surface area contributed by atoms with E-state index in [-0.39, 0.29) is 0 Å². The molecule has 0 aliphatic heterocycles. The van der Waals surface area contributed by atoms with Crippen molar-refractivity contribution in [2.24, 2.45) is 0 Å². The largest absolute Gasteiger partial charge is 0.497 e. The van der Waals surface area contributed by atoms with E-state index in [1.54, 1.807) is 25.1 Å². The molecule has 6 heteroatoms. The number of methoxy groups -OCH3 is 1. The molecule has 3 rings (SSSR count). The Labute approximate surface area is 157 Å². The van der Waals surface area contributed by atoms with Crippen LogP contribution in [0.25, 0.3) is 11.0 Å². The highest BCUT2D eigenvalue weighted by Gasteiger charge is 2.19. The molecule has 0 saturated heterocycles. The Bertz CT molecular complexity index is 911. The van der Waals surface area contributed by atoms with Crippen molar-refractivity contribution in [2.45, 2.75) is 37.0 Å². The van der Waals surface area contributed by atoms with E-state index in [2.05, 4.69) is 4.98 Å². The summed E-state index contributed by atoms with van der Waals surface area (Å²) < 4.78 is 12.1. The number of pyridine rings is 1. The molecule has 136 valence electrons. The van der Waals surface area contributed by atoms with E-state index < -0.39 is 11.7 Å². The minimum absolute atomic E-state index is 0.397. The van der Waals surface area contributed by atoms with Gasteiger partial charge in [-0.25, -0.2) is 4.79 Å². The first kappa shape index (κ1) is 18.3. The Morgan fingerprint density at radius 2 is 1.92 bits per heavy atom. The summed E-state index contributed by atoms with van der Waals surface area (Å²) >= 11 is 1.67. The molecular formula is C20H22N2O3S. The van der Waals surface area contributed by atoms with Crippen LogP contribution in [0.3, 0.4) is 0 Å². The van der Waals surface area contributed by atoms with Gasteiger partial charge in [0.2, 0.25) is 0 Å². The van der Waals surface area contributed by atoms with Crippen LogP contribution in [0, 0.1) is 0 Å². The number of hydrogen-bond donors (Lipinski definition) is 0. The Morgan fingerprint density at radius 1 is 1.19 bits per heavy atom. The van der Waals surface area contributed by atoms with Crippen molar-refractivity contribution in [3.8, 4) is 5.75 Å². The maximum atomic E-state index is 12.4. The number of ether oxygens (including phenoxy) is 2. The molecule has 5 nitrogen and oxygen atoms in total. The zero-order valence-corrected chi connectivity index (χ0v) is 16.2. The molecule has 0 fully saturated rings. The molecule has 0 spiro atoms. The molecule has 2 aromatic heterocycles. The number of rotatable bonds is 4. The van der Waals surface area contributed by atoms with Crippen molar-refractivity contribution in [1.29, 1.82) is 0 Å². The van der Waals surface area contributed by atoms with Crippen molar-refractivity contribution in [3.63, 3.8) is 0 Å². The second-order valence-electron chi connectivity index (χ2n) is 6.88. The maximum Gasteiger partial charge on any atom is 0.419 e. The summed E-state index contributed by atoms with van der Waals surface area (Å²) in [6.45, 7) is 5.56. The van der Waals surface area contributed by atoms with Gasteiger partial charge in [-0.2, -0.15) is 0 Å². The minimum atomic E-state index is -0.540. The van der Waals surface area contributed by atoms with Gasteiger partial charge in [0.25, 0.3) is 0 Å². The predicted octanol–water partition coefficient (Wildman–Crippen LogP) is 5.12. The van der Waals surface area contributed by atoms with E-state index in [1.807, 2.05) is 63.4 Å². The fraction of sp³-hybridized carbons (Fsp3) is 0.300. The van der Waals surface area contributed by atoms with E-state index in [9.17, 15) is 4.79 Å². The Balaban J connectivity index is 1.77. The highest BCUT2D eigenvalue weighted by Crippen LogP contribution is 2.27. The molecule has 0 radical (unpaired) electrons. The van der Waals surface area contributed by atoms with Crippen molar-refractivity contribution < 1.29 is 14.3 Å². The van der Waals surface area contributed by atoms with Crippen LogP contribution in [0.5, 0.6) is 5.75 Å². The number of hydrogen-bond acceptors (Lipinski definition) is 5. The minimum Gasteiger partial charge on any atom is -0.497 e. The highest BCUT2D eigenvalue weighted by atomic mass is 32.2. The first-order chi connectivity index (χ1) is 12.4. The lowest BCUT2D eigenvalue weighted by atomic mass is 10.2. The molecule has 0 aliphatic rings. The van der Waals surface area contributed by atoms with Gasteiger partial charge in [0.05, 0.1) is 18.1 Å². The number of carbonyl (C=O) groups excluding carboxylic acids is 1. The van der Waals surface area contributed by atoms with Crippen LogP contribution in [0.15, 0.2) is 53.7 Å². The third-order valence-corrected chi connectivity index (χ3v) is 4.70. The van der Waals surface area contributed by atoms with E-state index in [1.165, 1.54) is 10.1 Å². The van der Waals surface area contributed by atoms with E-state index in [4.69, 9.17) is 9.47 Å². The highest BCUT2D eigenvalue weighted by molar-refractivity contribution is 7.98. The normalized spacial score (nSPS) is 11.5. The van der Waals surface area contributed by atoms with Crippen molar-refractivity contribution >= 4 is 28.9 Å². The first-order valence-corrected chi connectivity index (χ1v) is 9.30. The maximum absolute atomic E-state index is 12.4. The Kier molecular flexibility index (Phi) is 5.23. The number of benzene rings is 1. The van der Waals surface area contributed by atoms with Gasteiger partial charge < -0.3 is 9.47 Å². The number of aromatic nitrogens is 2. The monoisotopic (exact) mass is 370 g/mol. The molecule has 1 aromatic carbocycles.